The number of nitrogens with two attached hydrogens (primary N) is 1. The molecule has 29 heavy (non-hydrogen) atoms. The molecule has 158 valence electrons. The Morgan fingerprint density at radius 2 is 1.69 bits per heavy atom. The highest BCUT2D eigenvalue weighted by atomic mass is 32.2. The molecular formula is C21H28N2O5S. The lowest BCUT2D eigenvalue weighted by molar-refractivity contribution is 0.0216. The van der Waals surface area contributed by atoms with Gasteiger partial charge in [0.2, 0.25) is 10.0 Å². The van der Waals surface area contributed by atoms with Crippen LogP contribution in [-0.2, 0) is 21.2 Å². The standard InChI is InChI=1S/C21H28N2O5S/c1-21(2,3)28-20(25)23(15-7-10-16-8-5-4-6-9-16)19(29(22,26)27)17-11-13-18(24)14-12-17/h4-6,8-9,11-14,19,24H,7,10,15H2,1-3H3,(H2,22,26,27)/t19-/m0/s1. The van der Waals surface area contributed by atoms with Crippen molar-refractivity contribution in [2.24, 2.45) is 5.14 Å². The number of rotatable bonds is 7. The molecule has 0 saturated heterocycles. The molecule has 0 aromatic heterocycles. The van der Waals surface area contributed by atoms with Crippen molar-refractivity contribution in [1.29, 1.82) is 0 Å². The summed E-state index contributed by atoms with van der Waals surface area (Å²) in [5.41, 5.74) is 0.552. The summed E-state index contributed by atoms with van der Waals surface area (Å²) in [7, 11) is -4.18. The van der Waals surface area contributed by atoms with Gasteiger partial charge in [0.05, 0.1) is 0 Å². The molecule has 0 aliphatic carbocycles. The van der Waals surface area contributed by atoms with Crippen molar-refractivity contribution in [3.8, 4) is 5.75 Å². The van der Waals surface area contributed by atoms with Gasteiger partial charge in [-0.2, -0.15) is 0 Å². The lowest BCUT2D eigenvalue weighted by atomic mass is 10.1. The largest absolute Gasteiger partial charge is 0.508 e. The van der Waals surface area contributed by atoms with Gasteiger partial charge in [0.1, 0.15) is 11.4 Å². The van der Waals surface area contributed by atoms with Crippen LogP contribution in [0.25, 0.3) is 0 Å². The van der Waals surface area contributed by atoms with E-state index in [0.717, 1.165) is 10.5 Å². The lowest BCUT2D eigenvalue weighted by Crippen LogP contribution is -2.44. The number of phenols is 1. The SMILES string of the molecule is CC(C)(C)OC(=O)N(CCCc1ccccc1)[C@H](c1ccc(O)cc1)S(N)(=O)=O. The minimum Gasteiger partial charge on any atom is -0.508 e. The van der Waals surface area contributed by atoms with Gasteiger partial charge in [-0.15, -0.1) is 0 Å². The van der Waals surface area contributed by atoms with E-state index in [9.17, 15) is 18.3 Å². The smallest absolute Gasteiger partial charge is 0.411 e. The Labute approximate surface area is 172 Å². The number of carbonyl (C=O) groups excluding carboxylic acids is 1. The van der Waals surface area contributed by atoms with Crippen LogP contribution in [0.5, 0.6) is 5.75 Å². The molecule has 2 aromatic rings. The first-order valence-corrected chi connectivity index (χ1v) is 10.9. The molecule has 2 aromatic carbocycles. The molecule has 0 aliphatic heterocycles. The number of amides is 1. The topological polar surface area (TPSA) is 110 Å². The minimum atomic E-state index is -4.18. The Morgan fingerprint density at radius 1 is 1.10 bits per heavy atom. The lowest BCUT2D eigenvalue weighted by Gasteiger charge is -2.32. The summed E-state index contributed by atoms with van der Waals surface area (Å²) in [6.07, 6.45) is 0.415. The Morgan fingerprint density at radius 3 is 2.21 bits per heavy atom. The first-order chi connectivity index (χ1) is 13.5. The van der Waals surface area contributed by atoms with E-state index in [4.69, 9.17) is 9.88 Å². The maximum Gasteiger partial charge on any atom is 0.411 e. The van der Waals surface area contributed by atoms with E-state index in [1.165, 1.54) is 24.3 Å². The summed E-state index contributed by atoms with van der Waals surface area (Å²) < 4.78 is 30.3. The van der Waals surface area contributed by atoms with Gasteiger partial charge >= 0.3 is 6.09 Å². The van der Waals surface area contributed by atoms with E-state index in [-0.39, 0.29) is 17.9 Å². The average Bonchev–Trinajstić information content (AvgIpc) is 2.60. The van der Waals surface area contributed by atoms with Gasteiger partial charge in [-0.25, -0.2) is 18.4 Å². The number of hydrogen-bond acceptors (Lipinski definition) is 5. The van der Waals surface area contributed by atoms with E-state index in [0.29, 0.717) is 12.8 Å². The number of carbonyl (C=O) groups is 1. The fraction of sp³-hybridized carbons (Fsp3) is 0.381. The van der Waals surface area contributed by atoms with Crippen molar-refractivity contribution >= 4 is 16.1 Å². The monoisotopic (exact) mass is 420 g/mol. The second kappa shape index (κ2) is 9.28. The maximum absolute atomic E-state index is 12.9. The van der Waals surface area contributed by atoms with Gasteiger partial charge in [-0.05, 0) is 56.9 Å². The van der Waals surface area contributed by atoms with E-state index in [1.807, 2.05) is 30.3 Å². The molecule has 0 saturated carbocycles. The van der Waals surface area contributed by atoms with Crippen LogP contribution in [0.3, 0.4) is 0 Å². The van der Waals surface area contributed by atoms with Crippen molar-refractivity contribution in [2.75, 3.05) is 6.54 Å². The molecule has 2 rings (SSSR count). The number of hydrogen-bond donors (Lipinski definition) is 2. The molecule has 0 unspecified atom stereocenters. The van der Waals surface area contributed by atoms with Gasteiger partial charge in [-0.1, -0.05) is 42.5 Å². The number of ether oxygens (including phenoxy) is 1. The summed E-state index contributed by atoms with van der Waals surface area (Å²) in [6.45, 7) is 5.25. The van der Waals surface area contributed by atoms with Crippen molar-refractivity contribution < 1.29 is 23.1 Å². The van der Waals surface area contributed by atoms with Crippen LogP contribution in [0, 0.1) is 0 Å². The van der Waals surface area contributed by atoms with Gasteiger partial charge in [-0.3, -0.25) is 4.90 Å². The summed E-state index contributed by atoms with van der Waals surface area (Å²) in [5, 5.41) is 13.6. The molecule has 1 amide bonds. The Hall–Kier alpha value is -2.58. The van der Waals surface area contributed by atoms with Gasteiger partial charge in [0.25, 0.3) is 0 Å². The first-order valence-electron chi connectivity index (χ1n) is 9.31. The number of primary sulfonamides is 1. The summed E-state index contributed by atoms with van der Waals surface area (Å²) in [6, 6.07) is 15.3. The van der Waals surface area contributed by atoms with Crippen molar-refractivity contribution in [3.05, 3.63) is 65.7 Å². The zero-order chi connectivity index (χ0) is 21.7. The molecule has 0 heterocycles. The van der Waals surface area contributed by atoms with Crippen LogP contribution in [0.1, 0.15) is 43.7 Å². The predicted molar refractivity (Wildman–Crippen MR) is 112 cm³/mol. The number of aromatic hydroxyl groups is 1. The van der Waals surface area contributed by atoms with Crippen molar-refractivity contribution in [3.63, 3.8) is 0 Å². The first kappa shape index (κ1) is 22.7. The predicted octanol–water partition coefficient (Wildman–Crippen LogP) is 3.55. The average molecular weight is 421 g/mol. The highest BCUT2D eigenvalue weighted by Gasteiger charge is 2.36. The van der Waals surface area contributed by atoms with Crippen LogP contribution >= 0.6 is 0 Å². The molecule has 0 aliphatic rings. The Bertz CT molecular complexity index is 906. The van der Waals surface area contributed by atoms with E-state index < -0.39 is 27.1 Å². The van der Waals surface area contributed by atoms with Crippen molar-refractivity contribution in [2.45, 2.75) is 44.6 Å². The molecule has 1 atom stereocenters. The third-order valence-corrected chi connectivity index (χ3v) is 5.26. The molecule has 8 heteroatoms. The number of nitrogens with zero attached hydrogens (tertiary/aromatic N) is 1. The molecular weight excluding hydrogens is 392 g/mol. The van der Waals surface area contributed by atoms with E-state index in [1.54, 1.807) is 20.8 Å². The van der Waals surface area contributed by atoms with Crippen LogP contribution < -0.4 is 5.14 Å². The highest BCUT2D eigenvalue weighted by Crippen LogP contribution is 2.28. The molecule has 7 nitrogen and oxygen atoms in total. The van der Waals surface area contributed by atoms with Gasteiger partial charge in [0, 0.05) is 6.54 Å². The zero-order valence-electron chi connectivity index (χ0n) is 16.9. The maximum atomic E-state index is 12.9. The second-order valence-corrected chi connectivity index (χ2v) is 9.42. The van der Waals surface area contributed by atoms with Crippen LogP contribution in [0.15, 0.2) is 54.6 Å². The molecule has 0 radical (unpaired) electrons. The third-order valence-electron chi connectivity index (χ3n) is 4.11. The molecule has 0 bridgehead atoms. The van der Waals surface area contributed by atoms with Crippen LogP contribution in [0.4, 0.5) is 4.79 Å². The number of phenolic OH excluding ortho intramolecular Hbond substituents is 1. The fourth-order valence-corrected chi connectivity index (χ4v) is 3.99. The molecule has 0 spiro atoms. The fourth-order valence-electron chi connectivity index (χ4n) is 2.91. The van der Waals surface area contributed by atoms with Crippen LogP contribution in [-0.4, -0.2) is 36.7 Å². The second-order valence-electron chi connectivity index (χ2n) is 7.80. The minimum absolute atomic E-state index is 0.0187. The normalized spacial score (nSPS) is 13.0. The Kier molecular flexibility index (Phi) is 7.26. The van der Waals surface area contributed by atoms with Crippen LogP contribution in [0.2, 0.25) is 0 Å². The van der Waals surface area contributed by atoms with Crippen molar-refractivity contribution in [1.82, 2.24) is 4.90 Å². The Balaban J connectivity index is 2.33. The number of aryl methyl sites for hydroxylation is 1. The quantitative estimate of drug-likeness (QED) is 0.712. The summed E-state index contributed by atoms with van der Waals surface area (Å²) in [4.78, 5) is 14.0. The van der Waals surface area contributed by atoms with E-state index >= 15 is 0 Å². The third kappa shape index (κ3) is 7.07. The van der Waals surface area contributed by atoms with Gasteiger partial charge < -0.3 is 9.84 Å². The molecule has 3 N–H and O–H groups in total. The van der Waals surface area contributed by atoms with E-state index in [2.05, 4.69) is 0 Å². The summed E-state index contributed by atoms with van der Waals surface area (Å²) in [5.74, 6) is -0.0187. The number of benzene rings is 2. The zero-order valence-corrected chi connectivity index (χ0v) is 17.7. The molecule has 0 fully saturated rings. The van der Waals surface area contributed by atoms with Gasteiger partial charge in [0.15, 0.2) is 5.37 Å². The summed E-state index contributed by atoms with van der Waals surface area (Å²) >= 11 is 0. The number of sulfonamides is 1. The highest BCUT2D eigenvalue weighted by molar-refractivity contribution is 7.89.